The van der Waals surface area contributed by atoms with Crippen LogP contribution in [-0.4, -0.2) is 15.9 Å². The number of carbonyl (C=O) groups excluding carboxylic acids is 1. The summed E-state index contributed by atoms with van der Waals surface area (Å²) >= 11 is 8.92. The van der Waals surface area contributed by atoms with Crippen molar-refractivity contribution in [2.75, 3.05) is 5.32 Å². The lowest BCUT2D eigenvalue weighted by Crippen LogP contribution is -2.13. The Kier molecular flexibility index (Phi) is 3.88. The van der Waals surface area contributed by atoms with Crippen molar-refractivity contribution in [1.29, 1.82) is 0 Å². The molecule has 0 spiro atoms. The number of nitrogens with one attached hydrogen (secondary N) is 1. The SMILES string of the molecule is O=C(Nc1cnc(Cl)c(Br)c1)c1ccc(F)cn1. The van der Waals surface area contributed by atoms with Gasteiger partial charge in [0.15, 0.2) is 0 Å². The van der Waals surface area contributed by atoms with Gasteiger partial charge in [0.05, 0.1) is 22.6 Å². The predicted octanol–water partition coefficient (Wildman–Crippen LogP) is 3.28. The normalized spacial score (nSPS) is 10.2. The number of anilines is 1. The molecule has 2 aromatic heterocycles. The summed E-state index contributed by atoms with van der Waals surface area (Å²) < 4.78 is 13.2. The fourth-order valence-electron chi connectivity index (χ4n) is 1.19. The number of hydrogen-bond donors (Lipinski definition) is 1. The fourth-order valence-corrected chi connectivity index (χ4v) is 1.65. The molecule has 0 aliphatic rings. The molecule has 2 rings (SSSR count). The van der Waals surface area contributed by atoms with E-state index in [4.69, 9.17) is 11.6 Å². The van der Waals surface area contributed by atoms with Crippen LogP contribution in [0.2, 0.25) is 5.15 Å². The minimum Gasteiger partial charge on any atom is -0.319 e. The van der Waals surface area contributed by atoms with Gasteiger partial charge in [-0.05, 0) is 34.1 Å². The molecular weight excluding hydrogens is 324 g/mol. The zero-order chi connectivity index (χ0) is 13.1. The quantitative estimate of drug-likeness (QED) is 0.860. The number of nitrogens with zero attached hydrogens (tertiary/aromatic N) is 2. The number of carbonyl (C=O) groups is 1. The third kappa shape index (κ3) is 3.02. The van der Waals surface area contributed by atoms with Gasteiger partial charge < -0.3 is 5.32 Å². The van der Waals surface area contributed by atoms with Gasteiger partial charge in [-0.15, -0.1) is 0 Å². The highest BCUT2D eigenvalue weighted by atomic mass is 79.9. The van der Waals surface area contributed by atoms with Crippen molar-refractivity contribution < 1.29 is 9.18 Å². The van der Waals surface area contributed by atoms with Crippen LogP contribution in [0.5, 0.6) is 0 Å². The van der Waals surface area contributed by atoms with E-state index in [9.17, 15) is 9.18 Å². The molecule has 1 amide bonds. The van der Waals surface area contributed by atoms with Crippen molar-refractivity contribution >= 4 is 39.1 Å². The van der Waals surface area contributed by atoms with E-state index in [1.165, 1.54) is 12.3 Å². The lowest BCUT2D eigenvalue weighted by atomic mass is 10.3. The number of pyridine rings is 2. The van der Waals surface area contributed by atoms with Crippen LogP contribution in [0.25, 0.3) is 0 Å². The predicted molar refractivity (Wildman–Crippen MR) is 69.1 cm³/mol. The van der Waals surface area contributed by atoms with Gasteiger partial charge in [0.25, 0.3) is 5.91 Å². The molecule has 7 heteroatoms. The van der Waals surface area contributed by atoms with Crippen molar-refractivity contribution in [2.45, 2.75) is 0 Å². The standard InChI is InChI=1S/C11H6BrClFN3O/c12-8-3-7(5-16-10(8)13)17-11(18)9-2-1-6(14)4-15-9/h1-5H,(H,17,18). The Morgan fingerprint density at radius 3 is 2.72 bits per heavy atom. The molecule has 0 fully saturated rings. The Hall–Kier alpha value is -1.53. The van der Waals surface area contributed by atoms with Crippen molar-refractivity contribution in [3.63, 3.8) is 0 Å². The summed E-state index contributed by atoms with van der Waals surface area (Å²) in [4.78, 5) is 19.3. The molecule has 4 nitrogen and oxygen atoms in total. The fraction of sp³-hybridized carbons (Fsp3) is 0. The van der Waals surface area contributed by atoms with Crippen molar-refractivity contribution in [3.8, 4) is 0 Å². The van der Waals surface area contributed by atoms with Crippen LogP contribution in [0.15, 0.2) is 35.1 Å². The number of hydrogen-bond acceptors (Lipinski definition) is 3. The number of aromatic nitrogens is 2. The third-order valence-corrected chi connectivity index (χ3v) is 3.15. The highest BCUT2D eigenvalue weighted by molar-refractivity contribution is 9.10. The maximum Gasteiger partial charge on any atom is 0.274 e. The Bertz CT molecular complexity index is 591. The Morgan fingerprint density at radius 2 is 2.11 bits per heavy atom. The first-order valence-corrected chi connectivity index (χ1v) is 5.97. The highest BCUT2D eigenvalue weighted by Crippen LogP contribution is 2.23. The average molecular weight is 331 g/mol. The first-order chi connectivity index (χ1) is 8.56. The third-order valence-electron chi connectivity index (χ3n) is 2.01. The lowest BCUT2D eigenvalue weighted by molar-refractivity contribution is 0.102. The molecule has 0 saturated heterocycles. The summed E-state index contributed by atoms with van der Waals surface area (Å²) in [5.74, 6) is -0.950. The Labute approximate surface area is 115 Å². The van der Waals surface area contributed by atoms with Gasteiger partial charge >= 0.3 is 0 Å². The molecule has 0 atom stereocenters. The molecule has 0 aliphatic carbocycles. The van der Waals surface area contributed by atoms with Gasteiger partial charge in [-0.2, -0.15) is 0 Å². The van der Waals surface area contributed by atoms with Crippen LogP contribution in [0.1, 0.15) is 10.5 Å². The molecule has 2 heterocycles. The van der Waals surface area contributed by atoms with Gasteiger partial charge in [-0.3, -0.25) is 4.79 Å². The average Bonchev–Trinajstić information content (AvgIpc) is 2.34. The molecule has 1 N–H and O–H groups in total. The van der Waals surface area contributed by atoms with Crippen LogP contribution in [0.3, 0.4) is 0 Å². The zero-order valence-electron chi connectivity index (χ0n) is 8.82. The van der Waals surface area contributed by atoms with E-state index in [1.807, 2.05) is 0 Å². The molecule has 2 aromatic rings. The van der Waals surface area contributed by atoms with E-state index in [1.54, 1.807) is 6.07 Å². The summed E-state index contributed by atoms with van der Waals surface area (Å²) in [6.45, 7) is 0. The number of amides is 1. The summed E-state index contributed by atoms with van der Waals surface area (Å²) in [6, 6.07) is 4.07. The summed E-state index contributed by atoms with van der Waals surface area (Å²) in [5, 5.41) is 2.87. The minimum atomic E-state index is -0.498. The molecule has 0 bridgehead atoms. The Morgan fingerprint density at radius 1 is 1.33 bits per heavy atom. The molecule has 0 unspecified atom stereocenters. The topological polar surface area (TPSA) is 54.9 Å². The molecule has 92 valence electrons. The van der Waals surface area contributed by atoms with Crippen molar-refractivity contribution in [1.82, 2.24) is 9.97 Å². The van der Waals surface area contributed by atoms with E-state index >= 15 is 0 Å². The first-order valence-electron chi connectivity index (χ1n) is 4.80. The highest BCUT2D eigenvalue weighted by Gasteiger charge is 2.09. The molecule has 18 heavy (non-hydrogen) atoms. The van der Waals surface area contributed by atoms with E-state index in [2.05, 4.69) is 31.2 Å². The lowest BCUT2D eigenvalue weighted by Gasteiger charge is -2.05. The summed E-state index contributed by atoms with van der Waals surface area (Å²) in [6.07, 6.45) is 2.39. The van der Waals surface area contributed by atoms with Gasteiger partial charge in [0.1, 0.15) is 16.7 Å². The molecule has 0 saturated carbocycles. The smallest absolute Gasteiger partial charge is 0.274 e. The maximum atomic E-state index is 12.6. The summed E-state index contributed by atoms with van der Waals surface area (Å²) in [7, 11) is 0. The van der Waals surface area contributed by atoms with E-state index in [0.29, 0.717) is 15.3 Å². The van der Waals surface area contributed by atoms with E-state index in [0.717, 1.165) is 12.3 Å². The Balaban J connectivity index is 2.16. The minimum absolute atomic E-state index is 0.113. The largest absolute Gasteiger partial charge is 0.319 e. The maximum absolute atomic E-state index is 12.6. The van der Waals surface area contributed by atoms with Crippen molar-refractivity contribution in [2.24, 2.45) is 0 Å². The van der Waals surface area contributed by atoms with Gasteiger partial charge in [-0.25, -0.2) is 14.4 Å². The van der Waals surface area contributed by atoms with E-state index < -0.39 is 11.7 Å². The molecule has 0 aliphatic heterocycles. The van der Waals surface area contributed by atoms with Gasteiger partial charge in [0.2, 0.25) is 0 Å². The van der Waals surface area contributed by atoms with Gasteiger partial charge in [0, 0.05) is 0 Å². The molecular formula is C11H6BrClFN3O. The van der Waals surface area contributed by atoms with Crippen LogP contribution >= 0.6 is 27.5 Å². The van der Waals surface area contributed by atoms with Crippen molar-refractivity contribution in [3.05, 3.63) is 51.7 Å². The van der Waals surface area contributed by atoms with Gasteiger partial charge in [-0.1, -0.05) is 11.6 Å². The van der Waals surface area contributed by atoms with Crippen LogP contribution in [0.4, 0.5) is 10.1 Å². The summed E-state index contributed by atoms with van der Waals surface area (Å²) in [5.41, 5.74) is 0.574. The first kappa shape index (κ1) is 12.9. The number of halogens is 3. The second-order valence-electron chi connectivity index (χ2n) is 3.31. The van der Waals surface area contributed by atoms with Crippen LogP contribution in [0, 0.1) is 5.82 Å². The van der Waals surface area contributed by atoms with Crippen LogP contribution in [-0.2, 0) is 0 Å². The second kappa shape index (κ2) is 5.41. The monoisotopic (exact) mass is 329 g/mol. The molecule has 0 radical (unpaired) electrons. The van der Waals surface area contributed by atoms with E-state index in [-0.39, 0.29) is 5.69 Å². The number of rotatable bonds is 2. The zero-order valence-corrected chi connectivity index (χ0v) is 11.2. The molecule has 0 aromatic carbocycles. The second-order valence-corrected chi connectivity index (χ2v) is 4.52. The van der Waals surface area contributed by atoms with Crippen LogP contribution < -0.4 is 5.32 Å².